The lowest BCUT2D eigenvalue weighted by Crippen LogP contribution is -2.23. The summed E-state index contributed by atoms with van der Waals surface area (Å²) < 4.78 is 0. The molecule has 0 saturated heterocycles. The maximum absolute atomic E-state index is 4.18. The van der Waals surface area contributed by atoms with Crippen LogP contribution in [0.25, 0.3) is 60.1 Å². The molecule has 0 radical (unpaired) electrons. The van der Waals surface area contributed by atoms with E-state index >= 15 is 0 Å². The molecule has 0 atom stereocenters. The molecule has 1 aliphatic carbocycles. The smallest absolute Gasteiger partial charge is 0.0541 e. The Morgan fingerprint density at radius 2 is 0.985 bits per heavy atom. The minimum atomic E-state index is -2.09. The van der Waals surface area contributed by atoms with Gasteiger partial charge in [0.15, 0.2) is 0 Å². The maximum atomic E-state index is 4.18. The summed E-state index contributed by atoms with van der Waals surface area (Å²) in [6.45, 7) is 9.64. The molecule has 0 aromatic heterocycles. The summed E-state index contributed by atoms with van der Waals surface area (Å²) >= 11 is 0. The second-order valence-electron chi connectivity index (χ2n) is 18.2. The molecule has 0 amide bonds. The molecule has 0 spiro atoms. The number of anilines is 2. The van der Waals surface area contributed by atoms with Crippen molar-refractivity contribution in [3.05, 3.63) is 265 Å². The van der Waals surface area contributed by atoms with E-state index in [-0.39, 0.29) is 5.41 Å². The molecular weight excluding hydrogens is 815 g/mol. The Morgan fingerprint density at radius 1 is 0.455 bits per heavy atom. The van der Waals surface area contributed by atoms with E-state index in [0.717, 1.165) is 5.69 Å². The van der Waals surface area contributed by atoms with E-state index in [0.29, 0.717) is 6.54 Å². The molecule has 1 nitrogen and oxygen atoms in total. The van der Waals surface area contributed by atoms with E-state index in [2.05, 4.69) is 256 Å². The van der Waals surface area contributed by atoms with Gasteiger partial charge in [-0.25, -0.2) is 0 Å². The van der Waals surface area contributed by atoms with Crippen LogP contribution in [0.15, 0.2) is 263 Å². The normalized spacial score (nSPS) is 14.9. The molecule has 10 aromatic rings. The molecule has 0 fully saturated rings. The Labute approximate surface area is 389 Å². The quantitative estimate of drug-likeness (QED) is 0.131. The number of fused-ring (bicyclic) bond motifs is 7. The van der Waals surface area contributed by atoms with Gasteiger partial charge in [0.1, 0.15) is 0 Å². The van der Waals surface area contributed by atoms with Crippen LogP contribution in [0.3, 0.4) is 0 Å². The third-order valence-corrected chi connectivity index (χ3v) is 18.2. The van der Waals surface area contributed by atoms with Crippen LogP contribution in [0.1, 0.15) is 30.5 Å². The third kappa shape index (κ3) is 6.31. The van der Waals surface area contributed by atoms with Crippen molar-refractivity contribution in [1.29, 1.82) is 0 Å². The van der Waals surface area contributed by atoms with Gasteiger partial charge in [0.2, 0.25) is 0 Å². The molecule has 0 saturated carbocycles. The first kappa shape index (κ1) is 39.9. The fraction of sp³-hybridized carbons (Fsp3) is 0.0625. The number of hydrogen-bond acceptors (Lipinski definition) is 1. The first-order chi connectivity index (χ1) is 32.4. The molecular formula is C64H49NS. The van der Waals surface area contributed by atoms with Gasteiger partial charge in [-0.1, -0.05) is 190 Å². The molecule has 0 N–H and O–H groups in total. The van der Waals surface area contributed by atoms with E-state index in [1.165, 1.54) is 102 Å². The van der Waals surface area contributed by atoms with Crippen molar-refractivity contribution in [3.8, 4) is 22.3 Å². The van der Waals surface area contributed by atoms with Crippen molar-refractivity contribution in [3.63, 3.8) is 0 Å². The van der Waals surface area contributed by atoms with Gasteiger partial charge in [-0.3, -0.25) is 0 Å². The monoisotopic (exact) mass is 863 g/mol. The second kappa shape index (κ2) is 15.8. The van der Waals surface area contributed by atoms with Crippen LogP contribution in [0, 0.1) is 0 Å². The molecule has 0 bridgehead atoms. The number of nitrogens with zero attached hydrogens (tertiary/aromatic N) is 1. The Hall–Kier alpha value is -7.65. The fourth-order valence-electron chi connectivity index (χ4n) is 10.8. The summed E-state index contributed by atoms with van der Waals surface area (Å²) in [7, 11) is -2.09. The third-order valence-electron chi connectivity index (χ3n) is 14.2. The Bertz CT molecular complexity index is 3530. The van der Waals surface area contributed by atoms with Crippen molar-refractivity contribution in [1.82, 2.24) is 0 Å². The van der Waals surface area contributed by atoms with Crippen molar-refractivity contribution >= 4 is 59.3 Å². The van der Waals surface area contributed by atoms with Crippen LogP contribution in [-0.4, -0.2) is 6.54 Å². The zero-order chi connectivity index (χ0) is 44.4. The van der Waals surface area contributed by atoms with Crippen LogP contribution >= 0.6 is 10.0 Å². The molecule has 1 aliphatic heterocycles. The zero-order valence-corrected chi connectivity index (χ0v) is 38.1. The van der Waals surface area contributed by atoms with Gasteiger partial charge in [0.25, 0.3) is 0 Å². The molecule has 1 heterocycles. The first-order valence-electron chi connectivity index (χ1n) is 23.0. The highest BCUT2D eigenvalue weighted by atomic mass is 32.3. The highest BCUT2D eigenvalue weighted by Gasteiger charge is 2.44. The van der Waals surface area contributed by atoms with Gasteiger partial charge in [-0.15, -0.1) is 10.0 Å². The number of hydrogen-bond donors (Lipinski definition) is 0. The van der Waals surface area contributed by atoms with Crippen LogP contribution in [-0.2, 0) is 5.41 Å². The number of rotatable bonds is 9. The molecule has 0 unspecified atom stereocenters. The Morgan fingerprint density at radius 3 is 1.64 bits per heavy atom. The standard InChI is InChI=1S/C64H49NS/c1-4-5-25-58-57-26-15-16-27-62(57)66(54-35-30-45-19-9-11-21-48(45)38-54,55-36-31-46-20-10-12-22-49(46)39-55)63(58)43-65(52-32-28-47(29-33-52)44-17-7-6-8-18-44)53-34-37-56-59-40-50-23-13-14-24-51(50)41-60(59)64(2,3)61(56)42-53/h4-42H,1,43H2,2-3H3/b25-5-. The van der Waals surface area contributed by atoms with Crippen molar-refractivity contribution in [2.45, 2.75) is 33.9 Å². The van der Waals surface area contributed by atoms with Gasteiger partial charge in [-0.2, -0.15) is 0 Å². The lowest BCUT2D eigenvalue weighted by atomic mass is 9.81. The molecule has 12 rings (SSSR count). The van der Waals surface area contributed by atoms with Gasteiger partial charge in [0, 0.05) is 36.4 Å². The lowest BCUT2D eigenvalue weighted by Gasteiger charge is -2.43. The molecule has 2 heteroatoms. The Balaban J connectivity index is 1.12. The second-order valence-corrected chi connectivity index (χ2v) is 21.3. The van der Waals surface area contributed by atoms with Gasteiger partial charge in [-0.05, 0) is 144 Å². The van der Waals surface area contributed by atoms with Crippen LogP contribution < -0.4 is 4.90 Å². The molecule has 316 valence electrons. The summed E-state index contributed by atoms with van der Waals surface area (Å²) in [5.41, 5.74) is 12.5. The fourth-order valence-corrected chi connectivity index (χ4v) is 15.2. The van der Waals surface area contributed by atoms with E-state index < -0.39 is 10.0 Å². The van der Waals surface area contributed by atoms with Gasteiger partial charge >= 0.3 is 0 Å². The Kier molecular flexibility index (Phi) is 9.55. The predicted octanol–water partition coefficient (Wildman–Crippen LogP) is 17.7. The first-order valence-corrected chi connectivity index (χ1v) is 24.6. The largest absolute Gasteiger partial charge is 0.336 e. The van der Waals surface area contributed by atoms with Crippen LogP contribution in [0.5, 0.6) is 0 Å². The zero-order valence-electron chi connectivity index (χ0n) is 37.3. The average Bonchev–Trinajstić information content (AvgIpc) is 3.77. The summed E-state index contributed by atoms with van der Waals surface area (Å²) in [5.74, 6) is 0. The van der Waals surface area contributed by atoms with E-state index in [9.17, 15) is 0 Å². The highest BCUT2D eigenvalue weighted by molar-refractivity contribution is 8.37. The molecule has 66 heavy (non-hydrogen) atoms. The van der Waals surface area contributed by atoms with E-state index in [1.807, 2.05) is 6.08 Å². The van der Waals surface area contributed by atoms with Crippen molar-refractivity contribution < 1.29 is 0 Å². The lowest BCUT2D eigenvalue weighted by molar-refractivity contribution is 0.661. The molecule has 10 aromatic carbocycles. The van der Waals surface area contributed by atoms with Crippen molar-refractivity contribution in [2.24, 2.45) is 0 Å². The summed E-state index contributed by atoms with van der Waals surface area (Å²) in [4.78, 5) is 8.02. The SMILES string of the molecule is C=C/C=C\C1=C(CN(c2ccc(-c3ccccc3)cc2)c2ccc3c(c2)C(C)(C)c2cc4ccccc4cc2-3)S(c2ccc3ccccc3c2)(c2ccc3ccccc3c2)c2ccccc21. The minimum Gasteiger partial charge on any atom is -0.336 e. The number of allylic oxidation sites excluding steroid dienone is 4. The predicted molar refractivity (Wildman–Crippen MR) is 283 cm³/mol. The average molecular weight is 864 g/mol. The van der Waals surface area contributed by atoms with E-state index in [1.54, 1.807) is 0 Å². The summed E-state index contributed by atoms with van der Waals surface area (Å²) in [5, 5.41) is 7.54. The van der Waals surface area contributed by atoms with Crippen LogP contribution in [0.2, 0.25) is 0 Å². The minimum absolute atomic E-state index is 0.195. The topological polar surface area (TPSA) is 3.24 Å². The van der Waals surface area contributed by atoms with Crippen molar-refractivity contribution in [2.75, 3.05) is 11.4 Å². The maximum Gasteiger partial charge on any atom is 0.0541 e. The number of benzene rings is 10. The molecule has 2 aliphatic rings. The summed E-state index contributed by atoms with van der Waals surface area (Å²) in [6, 6.07) is 82.1. The van der Waals surface area contributed by atoms with Crippen LogP contribution in [0.4, 0.5) is 11.4 Å². The van der Waals surface area contributed by atoms with Gasteiger partial charge < -0.3 is 4.90 Å². The van der Waals surface area contributed by atoms with E-state index in [4.69, 9.17) is 0 Å². The van der Waals surface area contributed by atoms with Gasteiger partial charge in [0.05, 0.1) is 6.54 Å². The highest BCUT2D eigenvalue weighted by Crippen LogP contribution is 2.79. The summed E-state index contributed by atoms with van der Waals surface area (Å²) in [6.07, 6.45) is 6.36.